The topological polar surface area (TPSA) is 46.9 Å². The van der Waals surface area contributed by atoms with Gasteiger partial charge in [-0.2, -0.15) is 5.10 Å². The van der Waals surface area contributed by atoms with Crippen molar-refractivity contribution in [3.8, 4) is 0 Å². The number of amides is 1. The SMILES string of the molecule is CCCn1nc(CNC(=O)C2CC2)c2ccccc21. The fourth-order valence-corrected chi connectivity index (χ4v) is 2.37. The largest absolute Gasteiger partial charge is 0.350 e. The van der Waals surface area contributed by atoms with E-state index in [0.29, 0.717) is 6.54 Å². The third-order valence-corrected chi connectivity index (χ3v) is 3.55. The van der Waals surface area contributed by atoms with Crippen LogP contribution in [0.2, 0.25) is 0 Å². The van der Waals surface area contributed by atoms with E-state index in [1.165, 1.54) is 0 Å². The second-order valence-electron chi connectivity index (χ2n) is 5.18. The molecule has 1 saturated carbocycles. The fraction of sp³-hybridized carbons (Fsp3) is 0.467. The Balaban J connectivity index is 1.83. The van der Waals surface area contributed by atoms with Crippen molar-refractivity contribution >= 4 is 16.8 Å². The maximum absolute atomic E-state index is 11.7. The minimum atomic E-state index is 0.175. The monoisotopic (exact) mass is 257 g/mol. The van der Waals surface area contributed by atoms with Crippen LogP contribution in [0, 0.1) is 5.92 Å². The van der Waals surface area contributed by atoms with Gasteiger partial charge in [-0.3, -0.25) is 9.48 Å². The van der Waals surface area contributed by atoms with Crippen LogP contribution < -0.4 is 5.32 Å². The summed E-state index contributed by atoms with van der Waals surface area (Å²) in [4.78, 5) is 11.7. The van der Waals surface area contributed by atoms with Gasteiger partial charge >= 0.3 is 0 Å². The summed E-state index contributed by atoms with van der Waals surface area (Å²) in [7, 11) is 0. The lowest BCUT2D eigenvalue weighted by atomic mass is 10.2. The molecule has 0 saturated heterocycles. The Morgan fingerprint density at radius 2 is 2.21 bits per heavy atom. The molecule has 1 aromatic carbocycles. The van der Waals surface area contributed by atoms with E-state index < -0.39 is 0 Å². The molecule has 2 aromatic rings. The smallest absolute Gasteiger partial charge is 0.223 e. The molecule has 1 heterocycles. The number of hydrogen-bond acceptors (Lipinski definition) is 2. The Morgan fingerprint density at radius 3 is 2.95 bits per heavy atom. The molecule has 1 aromatic heterocycles. The molecule has 3 rings (SSSR count). The van der Waals surface area contributed by atoms with Gasteiger partial charge in [-0.1, -0.05) is 25.1 Å². The maximum atomic E-state index is 11.7. The van der Waals surface area contributed by atoms with Gasteiger partial charge in [0.2, 0.25) is 5.91 Å². The van der Waals surface area contributed by atoms with E-state index in [1.54, 1.807) is 0 Å². The summed E-state index contributed by atoms with van der Waals surface area (Å²) in [6.45, 7) is 3.59. The van der Waals surface area contributed by atoms with Gasteiger partial charge in [0, 0.05) is 17.8 Å². The number of carbonyl (C=O) groups excluding carboxylic acids is 1. The van der Waals surface area contributed by atoms with E-state index in [0.717, 1.165) is 42.4 Å². The number of rotatable bonds is 5. The molecule has 0 atom stereocenters. The highest BCUT2D eigenvalue weighted by atomic mass is 16.2. The second-order valence-corrected chi connectivity index (χ2v) is 5.18. The van der Waals surface area contributed by atoms with Crippen molar-refractivity contribution < 1.29 is 4.79 Å². The van der Waals surface area contributed by atoms with Crippen molar-refractivity contribution in [1.82, 2.24) is 15.1 Å². The standard InChI is InChI=1S/C15H19N3O/c1-2-9-18-14-6-4-3-5-12(14)13(17-18)10-16-15(19)11-7-8-11/h3-6,11H,2,7-10H2,1H3,(H,16,19). The summed E-state index contributed by atoms with van der Waals surface area (Å²) in [6, 6.07) is 8.21. The Kier molecular flexibility index (Phi) is 3.23. The summed E-state index contributed by atoms with van der Waals surface area (Å²) >= 11 is 0. The highest BCUT2D eigenvalue weighted by Gasteiger charge is 2.29. The van der Waals surface area contributed by atoms with E-state index in [4.69, 9.17) is 0 Å². The minimum absolute atomic E-state index is 0.175. The molecule has 19 heavy (non-hydrogen) atoms. The van der Waals surface area contributed by atoms with Crippen molar-refractivity contribution in [3.05, 3.63) is 30.0 Å². The normalized spacial score (nSPS) is 14.8. The van der Waals surface area contributed by atoms with Crippen molar-refractivity contribution in [3.63, 3.8) is 0 Å². The molecule has 1 fully saturated rings. The Morgan fingerprint density at radius 1 is 1.42 bits per heavy atom. The molecule has 0 unspecified atom stereocenters. The summed E-state index contributed by atoms with van der Waals surface area (Å²) in [6.07, 6.45) is 3.13. The first-order valence-corrected chi connectivity index (χ1v) is 7.01. The van der Waals surface area contributed by atoms with Crippen LogP contribution in [0.25, 0.3) is 10.9 Å². The maximum Gasteiger partial charge on any atom is 0.223 e. The zero-order valence-corrected chi connectivity index (χ0v) is 11.2. The summed E-state index contributed by atoms with van der Waals surface area (Å²) in [5, 5.41) is 8.77. The molecule has 0 bridgehead atoms. The van der Waals surface area contributed by atoms with Crippen LogP contribution in [0.1, 0.15) is 31.9 Å². The van der Waals surface area contributed by atoms with Crippen molar-refractivity contribution in [2.45, 2.75) is 39.3 Å². The lowest BCUT2D eigenvalue weighted by molar-refractivity contribution is -0.122. The van der Waals surface area contributed by atoms with E-state index in [1.807, 2.05) is 16.8 Å². The van der Waals surface area contributed by atoms with Gasteiger partial charge in [-0.15, -0.1) is 0 Å². The molecule has 4 nitrogen and oxygen atoms in total. The van der Waals surface area contributed by atoms with Crippen LogP contribution in [0.15, 0.2) is 24.3 Å². The van der Waals surface area contributed by atoms with Gasteiger partial charge in [0.15, 0.2) is 0 Å². The molecule has 1 amide bonds. The van der Waals surface area contributed by atoms with Crippen LogP contribution in [-0.2, 0) is 17.9 Å². The quantitative estimate of drug-likeness (QED) is 0.894. The number of fused-ring (bicyclic) bond motifs is 1. The number of aryl methyl sites for hydroxylation is 1. The van der Waals surface area contributed by atoms with E-state index in [2.05, 4.69) is 29.5 Å². The first kappa shape index (κ1) is 12.2. The van der Waals surface area contributed by atoms with Crippen molar-refractivity contribution in [1.29, 1.82) is 0 Å². The highest BCUT2D eigenvalue weighted by molar-refractivity contribution is 5.84. The van der Waals surface area contributed by atoms with Gasteiger partial charge in [-0.05, 0) is 25.3 Å². The van der Waals surface area contributed by atoms with Crippen LogP contribution >= 0.6 is 0 Å². The number of hydrogen-bond donors (Lipinski definition) is 1. The average Bonchev–Trinajstić information content (AvgIpc) is 3.22. The predicted molar refractivity (Wildman–Crippen MR) is 74.6 cm³/mol. The summed E-state index contributed by atoms with van der Waals surface area (Å²) in [5.41, 5.74) is 2.12. The van der Waals surface area contributed by atoms with Gasteiger partial charge in [-0.25, -0.2) is 0 Å². The highest BCUT2D eigenvalue weighted by Crippen LogP contribution is 2.29. The number of benzene rings is 1. The Labute approximate surface area is 112 Å². The second kappa shape index (κ2) is 5.03. The molecule has 0 spiro atoms. The number of aromatic nitrogens is 2. The number of carbonyl (C=O) groups is 1. The lowest BCUT2D eigenvalue weighted by Crippen LogP contribution is -2.24. The summed E-state index contributed by atoms with van der Waals surface area (Å²) < 4.78 is 2.04. The molecular weight excluding hydrogens is 238 g/mol. The molecule has 4 heteroatoms. The predicted octanol–water partition coefficient (Wildman–Crippen LogP) is 2.47. The van der Waals surface area contributed by atoms with Crippen molar-refractivity contribution in [2.75, 3.05) is 0 Å². The van der Waals surface area contributed by atoms with E-state index in [-0.39, 0.29) is 11.8 Å². The van der Waals surface area contributed by atoms with Gasteiger partial charge in [0.25, 0.3) is 0 Å². The first-order valence-electron chi connectivity index (χ1n) is 7.01. The Hall–Kier alpha value is -1.84. The number of para-hydroxylation sites is 1. The molecule has 1 N–H and O–H groups in total. The number of nitrogens with one attached hydrogen (secondary N) is 1. The molecule has 100 valence electrons. The zero-order chi connectivity index (χ0) is 13.2. The van der Waals surface area contributed by atoms with Gasteiger partial charge < -0.3 is 5.32 Å². The minimum Gasteiger partial charge on any atom is -0.350 e. The number of nitrogens with zero attached hydrogens (tertiary/aromatic N) is 2. The molecule has 1 aliphatic carbocycles. The van der Waals surface area contributed by atoms with Gasteiger partial charge in [0.1, 0.15) is 0 Å². The fourth-order valence-electron chi connectivity index (χ4n) is 2.37. The van der Waals surface area contributed by atoms with E-state index >= 15 is 0 Å². The zero-order valence-electron chi connectivity index (χ0n) is 11.2. The lowest BCUT2D eigenvalue weighted by Gasteiger charge is -2.01. The molecular formula is C15H19N3O. The van der Waals surface area contributed by atoms with Crippen molar-refractivity contribution in [2.24, 2.45) is 5.92 Å². The third kappa shape index (κ3) is 2.48. The first-order chi connectivity index (χ1) is 9.29. The molecule has 0 radical (unpaired) electrons. The van der Waals surface area contributed by atoms with Crippen LogP contribution in [0.4, 0.5) is 0 Å². The van der Waals surface area contributed by atoms with Crippen LogP contribution in [-0.4, -0.2) is 15.7 Å². The van der Waals surface area contributed by atoms with Crippen LogP contribution in [0.5, 0.6) is 0 Å². The van der Waals surface area contributed by atoms with Crippen LogP contribution in [0.3, 0.4) is 0 Å². The molecule has 1 aliphatic rings. The third-order valence-electron chi connectivity index (χ3n) is 3.55. The summed E-state index contributed by atoms with van der Waals surface area (Å²) in [5.74, 6) is 0.429. The average molecular weight is 257 g/mol. The van der Waals surface area contributed by atoms with E-state index in [9.17, 15) is 4.79 Å². The molecule has 0 aliphatic heterocycles. The van der Waals surface area contributed by atoms with Gasteiger partial charge in [0.05, 0.1) is 17.8 Å². The Bertz CT molecular complexity index is 598.